The number of nitrogens with one attached hydrogen (secondary N) is 1. The van der Waals surface area contributed by atoms with Crippen molar-refractivity contribution in [3.8, 4) is 0 Å². The topological polar surface area (TPSA) is 104 Å². The van der Waals surface area contributed by atoms with Gasteiger partial charge in [0.15, 0.2) is 0 Å². The van der Waals surface area contributed by atoms with E-state index in [0.717, 1.165) is 30.6 Å². The normalized spacial score (nSPS) is 23.1. The molecule has 0 bridgehead atoms. The zero-order valence-electron chi connectivity index (χ0n) is 10.8. The van der Waals surface area contributed by atoms with Gasteiger partial charge in [0.1, 0.15) is 9.09 Å². The van der Waals surface area contributed by atoms with Gasteiger partial charge in [0.2, 0.25) is 10.0 Å². The van der Waals surface area contributed by atoms with Crippen LogP contribution in [0.2, 0.25) is 0 Å². The summed E-state index contributed by atoms with van der Waals surface area (Å²) >= 11 is 0.738. The lowest BCUT2D eigenvalue weighted by Crippen LogP contribution is -2.31. The number of aliphatic hydroxyl groups excluding tert-OH is 1. The Kier molecular flexibility index (Phi) is 4.79. The third kappa shape index (κ3) is 3.38. The first-order valence-electron chi connectivity index (χ1n) is 6.37. The van der Waals surface area contributed by atoms with E-state index in [1.165, 1.54) is 12.1 Å². The Balaban J connectivity index is 2.01. The molecule has 2 atom stereocenters. The lowest BCUT2D eigenvalue weighted by Gasteiger charge is -2.17. The average Bonchev–Trinajstić information content (AvgIpc) is 3.05. The van der Waals surface area contributed by atoms with Gasteiger partial charge in [-0.1, -0.05) is 6.42 Å². The number of carboxylic acids is 1. The van der Waals surface area contributed by atoms with E-state index in [-0.39, 0.29) is 34.1 Å². The third-order valence-electron chi connectivity index (χ3n) is 3.64. The van der Waals surface area contributed by atoms with E-state index < -0.39 is 16.0 Å². The highest BCUT2D eigenvalue weighted by Gasteiger charge is 2.28. The summed E-state index contributed by atoms with van der Waals surface area (Å²) < 4.78 is 26.6. The molecule has 1 aromatic heterocycles. The Labute approximate surface area is 121 Å². The number of thiophene rings is 1. The second kappa shape index (κ2) is 6.21. The molecule has 0 aliphatic heterocycles. The Bertz CT molecular complexity index is 580. The van der Waals surface area contributed by atoms with Gasteiger partial charge in [-0.2, -0.15) is 0 Å². The van der Waals surface area contributed by atoms with E-state index in [1.54, 1.807) is 0 Å². The second-order valence-electron chi connectivity index (χ2n) is 4.91. The Morgan fingerprint density at radius 1 is 1.35 bits per heavy atom. The van der Waals surface area contributed by atoms with Crippen LogP contribution in [0.1, 0.15) is 28.9 Å². The van der Waals surface area contributed by atoms with Crippen LogP contribution in [0.5, 0.6) is 0 Å². The van der Waals surface area contributed by atoms with E-state index in [9.17, 15) is 18.3 Å². The second-order valence-corrected chi connectivity index (χ2v) is 7.99. The Morgan fingerprint density at radius 3 is 2.65 bits per heavy atom. The number of rotatable bonds is 6. The molecule has 8 heteroatoms. The van der Waals surface area contributed by atoms with E-state index in [2.05, 4.69) is 4.72 Å². The zero-order chi connectivity index (χ0) is 14.8. The van der Waals surface area contributed by atoms with Gasteiger partial charge in [-0.15, -0.1) is 11.3 Å². The molecule has 1 heterocycles. The molecule has 2 rings (SSSR count). The summed E-state index contributed by atoms with van der Waals surface area (Å²) in [5.41, 5.74) is 0. The first-order valence-corrected chi connectivity index (χ1v) is 8.67. The predicted molar refractivity (Wildman–Crippen MR) is 74.4 cm³/mol. The van der Waals surface area contributed by atoms with Crippen LogP contribution in [0.4, 0.5) is 0 Å². The van der Waals surface area contributed by atoms with Gasteiger partial charge in [-0.3, -0.25) is 0 Å². The van der Waals surface area contributed by atoms with Crippen molar-refractivity contribution in [3.63, 3.8) is 0 Å². The lowest BCUT2D eigenvalue weighted by atomic mass is 9.97. The fraction of sp³-hybridized carbons (Fsp3) is 0.583. The Morgan fingerprint density at radius 2 is 2.05 bits per heavy atom. The third-order valence-corrected chi connectivity index (χ3v) is 6.63. The van der Waals surface area contributed by atoms with Crippen LogP contribution in [-0.2, 0) is 10.0 Å². The number of sulfonamides is 1. The smallest absolute Gasteiger partial charge is 0.345 e. The summed E-state index contributed by atoms with van der Waals surface area (Å²) in [6.45, 7) is 0.364. The first kappa shape index (κ1) is 15.4. The van der Waals surface area contributed by atoms with Crippen LogP contribution in [0.15, 0.2) is 16.3 Å². The fourth-order valence-corrected chi connectivity index (χ4v) is 4.77. The van der Waals surface area contributed by atoms with Crippen LogP contribution in [0.25, 0.3) is 0 Å². The number of hydrogen-bond donors (Lipinski definition) is 3. The summed E-state index contributed by atoms with van der Waals surface area (Å²) in [5, 5.41) is 18.0. The summed E-state index contributed by atoms with van der Waals surface area (Å²) in [4.78, 5) is 10.8. The molecule has 3 N–H and O–H groups in total. The largest absolute Gasteiger partial charge is 0.477 e. The van der Waals surface area contributed by atoms with Gasteiger partial charge in [-0.05, 0) is 36.8 Å². The van der Waals surface area contributed by atoms with Crippen LogP contribution >= 0.6 is 11.3 Å². The van der Waals surface area contributed by atoms with E-state index in [4.69, 9.17) is 5.11 Å². The fourth-order valence-electron chi connectivity index (χ4n) is 2.49. The van der Waals surface area contributed by atoms with Gasteiger partial charge in [0.05, 0.1) is 0 Å². The minimum atomic E-state index is -3.67. The van der Waals surface area contributed by atoms with Crippen molar-refractivity contribution in [3.05, 3.63) is 17.0 Å². The number of aromatic carboxylic acids is 1. The molecule has 0 saturated heterocycles. The number of carbonyl (C=O) groups is 1. The predicted octanol–water partition coefficient (Wildman–Crippen LogP) is 1.13. The molecule has 1 aromatic rings. The monoisotopic (exact) mass is 319 g/mol. The van der Waals surface area contributed by atoms with Crippen molar-refractivity contribution < 1.29 is 23.4 Å². The van der Waals surface area contributed by atoms with Crippen molar-refractivity contribution in [1.29, 1.82) is 0 Å². The number of aliphatic hydroxyl groups is 1. The maximum Gasteiger partial charge on any atom is 0.345 e. The molecule has 1 fully saturated rings. The molecule has 0 amide bonds. The highest BCUT2D eigenvalue weighted by Crippen LogP contribution is 2.31. The van der Waals surface area contributed by atoms with Gasteiger partial charge < -0.3 is 10.2 Å². The summed E-state index contributed by atoms with van der Waals surface area (Å²) in [5.74, 6) is -0.836. The summed E-state index contributed by atoms with van der Waals surface area (Å²) in [7, 11) is -3.67. The van der Waals surface area contributed by atoms with E-state index in [0.29, 0.717) is 0 Å². The quantitative estimate of drug-likeness (QED) is 0.729. The highest BCUT2D eigenvalue weighted by atomic mass is 32.2. The van der Waals surface area contributed by atoms with Gasteiger partial charge in [0.25, 0.3) is 0 Å². The zero-order valence-corrected chi connectivity index (χ0v) is 12.4. The minimum Gasteiger partial charge on any atom is -0.477 e. The molecule has 0 aromatic carbocycles. The van der Waals surface area contributed by atoms with Crippen molar-refractivity contribution >= 4 is 27.3 Å². The van der Waals surface area contributed by atoms with Crippen LogP contribution < -0.4 is 4.72 Å². The van der Waals surface area contributed by atoms with E-state index >= 15 is 0 Å². The van der Waals surface area contributed by atoms with Crippen molar-refractivity contribution in [1.82, 2.24) is 4.72 Å². The first-order chi connectivity index (χ1) is 9.44. The molecule has 0 spiro atoms. The number of hydrogen-bond acceptors (Lipinski definition) is 5. The molecule has 1 aliphatic carbocycles. The molecule has 2 unspecified atom stereocenters. The van der Waals surface area contributed by atoms with Crippen LogP contribution in [0, 0.1) is 11.8 Å². The maximum absolute atomic E-state index is 12.1. The molecule has 112 valence electrons. The highest BCUT2D eigenvalue weighted by molar-refractivity contribution is 7.91. The summed E-state index contributed by atoms with van der Waals surface area (Å²) in [6.07, 6.45) is 2.82. The molecule has 6 nitrogen and oxygen atoms in total. The molecule has 20 heavy (non-hydrogen) atoms. The van der Waals surface area contributed by atoms with Crippen molar-refractivity contribution in [2.24, 2.45) is 11.8 Å². The summed E-state index contributed by atoms with van der Waals surface area (Å²) in [6, 6.07) is 2.59. The van der Waals surface area contributed by atoms with Gasteiger partial charge in [-0.25, -0.2) is 17.9 Å². The van der Waals surface area contributed by atoms with Crippen LogP contribution in [0.3, 0.4) is 0 Å². The minimum absolute atomic E-state index is 0.000485. The lowest BCUT2D eigenvalue weighted by molar-refractivity contribution is 0.0702. The van der Waals surface area contributed by atoms with E-state index in [1.807, 2.05) is 0 Å². The van der Waals surface area contributed by atoms with Crippen molar-refractivity contribution in [2.45, 2.75) is 23.5 Å². The molecule has 0 radical (unpaired) electrons. The number of carboxylic acid groups (broad SMARTS) is 1. The Hall–Kier alpha value is -0.960. The molecular formula is C12H17NO5S2. The van der Waals surface area contributed by atoms with Crippen LogP contribution in [-0.4, -0.2) is 37.8 Å². The molecule has 1 saturated carbocycles. The van der Waals surface area contributed by atoms with Crippen molar-refractivity contribution in [2.75, 3.05) is 13.2 Å². The standard InChI is InChI=1S/C12H17NO5S2/c14-7-9-3-1-2-8(9)6-13-20(17,18)11-5-4-10(19-11)12(15)16/h4-5,8-9,13-14H,1-3,6-7H2,(H,15,16). The van der Waals surface area contributed by atoms with Gasteiger partial charge in [0, 0.05) is 13.2 Å². The SMILES string of the molecule is O=C(O)c1ccc(S(=O)(=O)NCC2CCCC2CO)s1. The maximum atomic E-state index is 12.1. The average molecular weight is 319 g/mol. The molecular weight excluding hydrogens is 302 g/mol. The molecule has 1 aliphatic rings. The van der Waals surface area contributed by atoms with Gasteiger partial charge >= 0.3 is 5.97 Å².